The standard InChI is InChI=1S/C14H26N4O4S/c1-12-11-13(14(19)22-12)16-5-9-18(10-6-16)23(20,21)17-7-3-15(2)4-8-17/h12-13H,3-11H2,1-2H3. The maximum Gasteiger partial charge on any atom is 0.323 e. The van der Waals surface area contributed by atoms with Gasteiger partial charge in [-0.25, -0.2) is 0 Å². The Balaban J connectivity index is 1.57. The van der Waals surface area contributed by atoms with Crippen LogP contribution in [0.5, 0.6) is 0 Å². The third kappa shape index (κ3) is 3.53. The van der Waals surface area contributed by atoms with Gasteiger partial charge in [0.05, 0.1) is 0 Å². The van der Waals surface area contributed by atoms with Crippen LogP contribution in [0.3, 0.4) is 0 Å². The molecule has 0 bridgehead atoms. The fraction of sp³-hybridized carbons (Fsp3) is 0.929. The quantitative estimate of drug-likeness (QED) is 0.598. The normalized spacial score (nSPS) is 33.0. The van der Waals surface area contributed by atoms with Crippen molar-refractivity contribution in [3.8, 4) is 0 Å². The van der Waals surface area contributed by atoms with Crippen LogP contribution in [0, 0.1) is 0 Å². The van der Waals surface area contributed by atoms with Gasteiger partial charge in [-0.2, -0.15) is 17.0 Å². The zero-order valence-corrected chi connectivity index (χ0v) is 14.7. The van der Waals surface area contributed by atoms with Crippen LogP contribution in [-0.4, -0.2) is 104 Å². The average molecular weight is 346 g/mol. The summed E-state index contributed by atoms with van der Waals surface area (Å²) in [6.07, 6.45) is 0.656. The average Bonchev–Trinajstić information content (AvgIpc) is 2.86. The van der Waals surface area contributed by atoms with E-state index in [4.69, 9.17) is 4.74 Å². The minimum absolute atomic E-state index is 0.0420. The number of cyclic esters (lactones) is 1. The van der Waals surface area contributed by atoms with Crippen molar-refractivity contribution in [2.75, 3.05) is 59.4 Å². The fourth-order valence-corrected chi connectivity index (χ4v) is 5.04. The Bertz CT molecular complexity index is 539. The summed E-state index contributed by atoms with van der Waals surface area (Å²) in [5.41, 5.74) is 0. The number of likely N-dealkylation sites (N-methyl/N-ethyl adjacent to an activating group) is 1. The van der Waals surface area contributed by atoms with E-state index in [0.29, 0.717) is 45.7 Å². The third-order valence-corrected chi connectivity index (χ3v) is 7.01. The van der Waals surface area contributed by atoms with Crippen LogP contribution in [0.15, 0.2) is 0 Å². The van der Waals surface area contributed by atoms with Crippen LogP contribution in [0.25, 0.3) is 0 Å². The maximum absolute atomic E-state index is 12.7. The van der Waals surface area contributed by atoms with Gasteiger partial charge in [-0.3, -0.25) is 9.69 Å². The van der Waals surface area contributed by atoms with Gasteiger partial charge in [0, 0.05) is 58.8 Å². The number of esters is 1. The number of hydrogen-bond donors (Lipinski definition) is 0. The predicted octanol–water partition coefficient (Wildman–Crippen LogP) is -1.20. The lowest BCUT2D eigenvalue weighted by Gasteiger charge is -2.39. The molecule has 3 saturated heterocycles. The number of carbonyl (C=O) groups excluding carboxylic acids is 1. The molecule has 0 aromatic carbocycles. The molecule has 3 fully saturated rings. The summed E-state index contributed by atoms with van der Waals surface area (Å²) in [6, 6.07) is -0.210. The molecule has 2 unspecified atom stereocenters. The molecule has 0 amide bonds. The fourth-order valence-electron chi connectivity index (χ4n) is 3.46. The first-order chi connectivity index (χ1) is 10.9. The van der Waals surface area contributed by atoms with E-state index in [1.165, 1.54) is 0 Å². The molecular weight excluding hydrogens is 320 g/mol. The largest absolute Gasteiger partial charge is 0.461 e. The van der Waals surface area contributed by atoms with E-state index in [1.54, 1.807) is 8.61 Å². The third-order valence-electron chi connectivity index (χ3n) is 4.97. The Hall–Kier alpha value is -0.740. The predicted molar refractivity (Wildman–Crippen MR) is 85.1 cm³/mol. The first-order valence-electron chi connectivity index (χ1n) is 8.26. The lowest BCUT2D eigenvalue weighted by Crippen LogP contribution is -2.58. The molecular formula is C14H26N4O4S. The monoisotopic (exact) mass is 346 g/mol. The van der Waals surface area contributed by atoms with Crippen LogP contribution < -0.4 is 0 Å². The van der Waals surface area contributed by atoms with E-state index in [-0.39, 0.29) is 18.1 Å². The minimum atomic E-state index is -3.38. The zero-order chi connectivity index (χ0) is 16.6. The highest BCUT2D eigenvalue weighted by molar-refractivity contribution is 7.86. The molecule has 23 heavy (non-hydrogen) atoms. The zero-order valence-electron chi connectivity index (χ0n) is 13.8. The Morgan fingerprint density at radius 1 is 0.957 bits per heavy atom. The number of hydrogen-bond acceptors (Lipinski definition) is 6. The van der Waals surface area contributed by atoms with Crippen LogP contribution in [0.1, 0.15) is 13.3 Å². The summed E-state index contributed by atoms with van der Waals surface area (Å²) in [7, 11) is -1.38. The second-order valence-corrected chi connectivity index (χ2v) is 8.57. The van der Waals surface area contributed by atoms with E-state index in [2.05, 4.69) is 9.80 Å². The van der Waals surface area contributed by atoms with Gasteiger partial charge in [0.25, 0.3) is 10.2 Å². The van der Waals surface area contributed by atoms with Crippen LogP contribution in [0.2, 0.25) is 0 Å². The molecule has 8 nitrogen and oxygen atoms in total. The molecule has 2 atom stereocenters. The number of piperazine rings is 2. The molecule has 0 aromatic rings. The minimum Gasteiger partial charge on any atom is -0.461 e. The Morgan fingerprint density at radius 3 is 1.96 bits per heavy atom. The van der Waals surface area contributed by atoms with Gasteiger partial charge in [0.15, 0.2) is 0 Å². The topological polar surface area (TPSA) is 73.4 Å². The van der Waals surface area contributed by atoms with Gasteiger partial charge in [-0.15, -0.1) is 0 Å². The summed E-state index contributed by atoms with van der Waals surface area (Å²) in [5, 5.41) is 0. The van der Waals surface area contributed by atoms with Crippen molar-refractivity contribution in [2.45, 2.75) is 25.5 Å². The first-order valence-corrected chi connectivity index (χ1v) is 9.66. The number of rotatable bonds is 3. The van der Waals surface area contributed by atoms with Crippen molar-refractivity contribution in [1.82, 2.24) is 18.4 Å². The highest BCUT2D eigenvalue weighted by atomic mass is 32.2. The van der Waals surface area contributed by atoms with Gasteiger partial charge in [0.2, 0.25) is 0 Å². The molecule has 3 aliphatic heterocycles. The van der Waals surface area contributed by atoms with Crippen molar-refractivity contribution >= 4 is 16.2 Å². The van der Waals surface area contributed by atoms with Crippen LogP contribution in [0.4, 0.5) is 0 Å². The van der Waals surface area contributed by atoms with E-state index in [1.807, 2.05) is 14.0 Å². The Labute approximate surface area is 138 Å². The van der Waals surface area contributed by atoms with Gasteiger partial charge in [-0.05, 0) is 14.0 Å². The smallest absolute Gasteiger partial charge is 0.323 e. The first kappa shape index (κ1) is 17.1. The molecule has 0 aromatic heterocycles. The maximum atomic E-state index is 12.7. The molecule has 132 valence electrons. The van der Waals surface area contributed by atoms with Crippen molar-refractivity contribution in [3.63, 3.8) is 0 Å². The molecule has 0 spiro atoms. The number of nitrogens with zero attached hydrogens (tertiary/aromatic N) is 4. The van der Waals surface area contributed by atoms with Crippen LogP contribution in [-0.2, 0) is 19.7 Å². The second kappa shape index (κ2) is 6.64. The van der Waals surface area contributed by atoms with Crippen molar-refractivity contribution in [3.05, 3.63) is 0 Å². The van der Waals surface area contributed by atoms with E-state index < -0.39 is 10.2 Å². The molecule has 0 N–H and O–H groups in total. The van der Waals surface area contributed by atoms with Crippen molar-refractivity contribution in [1.29, 1.82) is 0 Å². The van der Waals surface area contributed by atoms with Crippen molar-refractivity contribution < 1.29 is 17.9 Å². The summed E-state index contributed by atoms with van der Waals surface area (Å²) < 4.78 is 33.8. The van der Waals surface area contributed by atoms with Gasteiger partial charge in [-0.1, -0.05) is 0 Å². The second-order valence-electron chi connectivity index (χ2n) is 6.64. The SMILES string of the molecule is CC1CC(N2CCN(S(=O)(=O)N3CCN(C)CC3)CC2)C(=O)O1. The lowest BCUT2D eigenvalue weighted by atomic mass is 10.1. The summed E-state index contributed by atoms with van der Waals surface area (Å²) in [5.74, 6) is -0.173. The molecule has 0 saturated carbocycles. The summed E-state index contributed by atoms with van der Waals surface area (Å²) >= 11 is 0. The molecule has 0 aliphatic carbocycles. The molecule has 0 radical (unpaired) electrons. The number of carbonyl (C=O) groups is 1. The van der Waals surface area contributed by atoms with Gasteiger partial charge in [0.1, 0.15) is 12.1 Å². The van der Waals surface area contributed by atoms with E-state index >= 15 is 0 Å². The lowest BCUT2D eigenvalue weighted by molar-refractivity contribution is -0.145. The molecule has 3 rings (SSSR count). The molecule has 3 aliphatic rings. The summed E-state index contributed by atoms with van der Waals surface area (Å²) in [4.78, 5) is 16.0. The van der Waals surface area contributed by atoms with Crippen molar-refractivity contribution in [2.24, 2.45) is 0 Å². The van der Waals surface area contributed by atoms with Crippen LogP contribution >= 0.6 is 0 Å². The van der Waals surface area contributed by atoms with Gasteiger partial charge >= 0.3 is 5.97 Å². The van der Waals surface area contributed by atoms with Gasteiger partial charge < -0.3 is 9.64 Å². The number of ether oxygens (including phenoxy) is 1. The molecule has 9 heteroatoms. The van der Waals surface area contributed by atoms with E-state index in [9.17, 15) is 13.2 Å². The summed E-state index contributed by atoms with van der Waals surface area (Å²) in [6.45, 7) is 6.57. The highest BCUT2D eigenvalue weighted by Gasteiger charge is 2.40. The molecule has 3 heterocycles. The van der Waals surface area contributed by atoms with E-state index in [0.717, 1.165) is 13.1 Å². The Morgan fingerprint density at radius 2 is 1.48 bits per heavy atom. The Kier molecular flexibility index (Phi) is 4.93. The highest BCUT2D eigenvalue weighted by Crippen LogP contribution is 2.22.